The highest BCUT2D eigenvalue weighted by Crippen LogP contribution is 2.40. The summed E-state index contributed by atoms with van der Waals surface area (Å²) in [5, 5.41) is 0.764. The van der Waals surface area contributed by atoms with Crippen LogP contribution in [0.15, 0.2) is 35.1 Å². The average Bonchev–Trinajstić information content (AvgIpc) is 2.95. The van der Waals surface area contributed by atoms with Gasteiger partial charge < -0.3 is 0 Å². The molecule has 0 fully saturated rings. The summed E-state index contributed by atoms with van der Waals surface area (Å²) in [4.78, 5) is 19.9. The number of nitrogens with one attached hydrogen (secondary N) is 1. The van der Waals surface area contributed by atoms with E-state index in [4.69, 9.17) is 5.84 Å². The van der Waals surface area contributed by atoms with Crippen LogP contribution in [0.1, 0.15) is 36.1 Å². The highest BCUT2D eigenvalue weighted by molar-refractivity contribution is 7.18. The molecule has 0 radical (unpaired) electrons. The predicted octanol–water partition coefficient (Wildman–Crippen LogP) is 3.17. The van der Waals surface area contributed by atoms with Crippen molar-refractivity contribution in [1.29, 1.82) is 0 Å². The van der Waals surface area contributed by atoms with Crippen molar-refractivity contribution in [3.63, 3.8) is 0 Å². The number of nitrogens with two attached hydrogens (primary N) is 1. The van der Waals surface area contributed by atoms with Crippen molar-refractivity contribution in [3.8, 4) is 5.69 Å². The Kier molecular flexibility index (Phi) is 3.43. The number of aryl methyl sites for hydroxylation is 1. The number of nitrogens with zero attached hydrogens (tertiary/aromatic N) is 2. The van der Waals surface area contributed by atoms with E-state index in [9.17, 15) is 4.79 Å². The van der Waals surface area contributed by atoms with Crippen LogP contribution in [0.4, 0.5) is 5.95 Å². The number of hydrogen-bond acceptors (Lipinski definition) is 5. The molecule has 3 N–H and O–H groups in total. The molecule has 4 rings (SSSR count). The van der Waals surface area contributed by atoms with Crippen molar-refractivity contribution in [2.45, 2.75) is 32.1 Å². The Hall–Kier alpha value is -2.18. The van der Waals surface area contributed by atoms with Crippen LogP contribution in [0.2, 0.25) is 0 Å². The molecule has 23 heavy (non-hydrogen) atoms. The van der Waals surface area contributed by atoms with Crippen molar-refractivity contribution in [1.82, 2.24) is 9.55 Å². The van der Waals surface area contributed by atoms with Crippen molar-refractivity contribution in [2.24, 2.45) is 5.84 Å². The van der Waals surface area contributed by atoms with Crippen molar-refractivity contribution in [2.75, 3.05) is 5.43 Å². The standard InChI is InChI=1S/C17H18N4OS/c1-10-6-5-9-12-13(10)14-15(23-12)19-17(20-18)21(16(14)22)11-7-3-2-4-8-11/h2-4,7-8,10H,5-6,9,18H2,1H3,(H,19,20). The van der Waals surface area contributed by atoms with E-state index < -0.39 is 0 Å². The molecular formula is C17H18N4OS. The fourth-order valence-corrected chi connectivity index (χ4v) is 4.77. The maximum absolute atomic E-state index is 13.2. The minimum Gasteiger partial charge on any atom is -0.293 e. The summed E-state index contributed by atoms with van der Waals surface area (Å²) in [5.41, 5.74) is 4.50. The zero-order valence-electron chi connectivity index (χ0n) is 12.9. The number of hydrazine groups is 1. The van der Waals surface area contributed by atoms with Crippen molar-refractivity contribution < 1.29 is 0 Å². The van der Waals surface area contributed by atoms with Crippen LogP contribution in [0.25, 0.3) is 15.9 Å². The first-order valence-electron chi connectivity index (χ1n) is 7.81. The first-order chi connectivity index (χ1) is 11.2. The number of anilines is 1. The van der Waals surface area contributed by atoms with Gasteiger partial charge in [-0.2, -0.15) is 0 Å². The summed E-state index contributed by atoms with van der Waals surface area (Å²) in [7, 11) is 0. The average molecular weight is 326 g/mol. The molecule has 0 aliphatic heterocycles. The Morgan fingerprint density at radius 1 is 1.35 bits per heavy atom. The monoisotopic (exact) mass is 326 g/mol. The fraction of sp³-hybridized carbons (Fsp3) is 0.294. The number of para-hydroxylation sites is 1. The first kappa shape index (κ1) is 14.4. The molecule has 1 aliphatic rings. The second-order valence-corrected chi connectivity index (χ2v) is 7.05. The normalized spacial score (nSPS) is 17.2. The van der Waals surface area contributed by atoms with E-state index in [-0.39, 0.29) is 5.56 Å². The van der Waals surface area contributed by atoms with Gasteiger partial charge in [-0.15, -0.1) is 11.3 Å². The Bertz CT molecular complexity index is 929. The smallest absolute Gasteiger partial charge is 0.268 e. The topological polar surface area (TPSA) is 72.9 Å². The number of benzene rings is 1. The minimum absolute atomic E-state index is 0.0413. The molecule has 0 amide bonds. The molecule has 3 aromatic rings. The molecule has 0 bridgehead atoms. The Balaban J connectivity index is 2.09. The number of nitrogen functional groups attached to an aromatic ring is 1. The minimum atomic E-state index is -0.0413. The Morgan fingerprint density at radius 2 is 2.13 bits per heavy atom. The van der Waals surface area contributed by atoms with E-state index in [0.29, 0.717) is 11.9 Å². The lowest BCUT2D eigenvalue weighted by atomic mass is 9.88. The molecule has 1 unspecified atom stereocenters. The van der Waals surface area contributed by atoms with Gasteiger partial charge in [-0.25, -0.2) is 15.4 Å². The van der Waals surface area contributed by atoms with Gasteiger partial charge in [0.05, 0.1) is 11.1 Å². The largest absolute Gasteiger partial charge is 0.293 e. The lowest BCUT2D eigenvalue weighted by Gasteiger charge is -2.18. The van der Waals surface area contributed by atoms with E-state index in [1.54, 1.807) is 15.9 Å². The Morgan fingerprint density at radius 3 is 2.87 bits per heavy atom. The lowest BCUT2D eigenvalue weighted by Crippen LogP contribution is -2.26. The SMILES string of the molecule is CC1CCCc2sc3nc(NN)n(-c4ccccc4)c(=O)c3c21. The van der Waals surface area contributed by atoms with E-state index >= 15 is 0 Å². The third-order valence-electron chi connectivity index (χ3n) is 4.52. The summed E-state index contributed by atoms with van der Waals surface area (Å²) >= 11 is 1.63. The van der Waals surface area contributed by atoms with Gasteiger partial charge in [0.2, 0.25) is 5.95 Å². The van der Waals surface area contributed by atoms with Gasteiger partial charge in [0.1, 0.15) is 4.83 Å². The number of thiophene rings is 1. The van der Waals surface area contributed by atoms with Gasteiger partial charge in [0, 0.05) is 4.88 Å². The van der Waals surface area contributed by atoms with Gasteiger partial charge in [0.15, 0.2) is 0 Å². The highest BCUT2D eigenvalue weighted by atomic mass is 32.1. The maximum atomic E-state index is 13.2. The van der Waals surface area contributed by atoms with Crippen LogP contribution < -0.4 is 16.8 Å². The second kappa shape index (κ2) is 5.47. The molecule has 2 heterocycles. The van der Waals surface area contributed by atoms with Crippen molar-refractivity contribution >= 4 is 27.5 Å². The number of rotatable bonds is 2. The van der Waals surface area contributed by atoms with Gasteiger partial charge in [-0.1, -0.05) is 25.1 Å². The molecule has 1 atom stereocenters. The van der Waals surface area contributed by atoms with Gasteiger partial charge >= 0.3 is 0 Å². The molecule has 1 aliphatic carbocycles. The fourth-order valence-electron chi connectivity index (χ4n) is 3.45. The van der Waals surface area contributed by atoms with Crippen LogP contribution in [0.5, 0.6) is 0 Å². The third-order valence-corrected chi connectivity index (χ3v) is 5.68. The molecule has 0 saturated carbocycles. The van der Waals surface area contributed by atoms with Crippen LogP contribution in [-0.4, -0.2) is 9.55 Å². The summed E-state index contributed by atoms with van der Waals surface area (Å²) in [6, 6.07) is 9.50. The molecule has 6 heteroatoms. The summed E-state index contributed by atoms with van der Waals surface area (Å²) in [6.07, 6.45) is 3.34. The third kappa shape index (κ3) is 2.17. The van der Waals surface area contributed by atoms with E-state index in [0.717, 1.165) is 28.7 Å². The molecule has 2 aromatic heterocycles. The zero-order chi connectivity index (χ0) is 16.0. The Labute approximate surface area is 137 Å². The molecule has 0 spiro atoms. The van der Waals surface area contributed by atoms with E-state index in [1.807, 2.05) is 30.3 Å². The molecule has 5 nitrogen and oxygen atoms in total. The summed E-state index contributed by atoms with van der Waals surface area (Å²) in [5.74, 6) is 6.41. The van der Waals surface area contributed by atoms with Crippen LogP contribution in [-0.2, 0) is 6.42 Å². The number of aromatic nitrogens is 2. The van der Waals surface area contributed by atoms with Gasteiger partial charge in [0.25, 0.3) is 5.56 Å². The molecular weight excluding hydrogens is 308 g/mol. The number of fused-ring (bicyclic) bond motifs is 3. The zero-order valence-corrected chi connectivity index (χ0v) is 13.7. The molecule has 0 saturated heterocycles. The molecule has 1 aromatic carbocycles. The van der Waals surface area contributed by atoms with E-state index in [1.165, 1.54) is 16.9 Å². The second-order valence-electron chi connectivity index (χ2n) is 5.97. The van der Waals surface area contributed by atoms with Crippen LogP contribution in [0, 0.1) is 0 Å². The molecule has 118 valence electrons. The predicted molar refractivity (Wildman–Crippen MR) is 94.4 cm³/mol. The van der Waals surface area contributed by atoms with Crippen LogP contribution >= 0.6 is 11.3 Å². The summed E-state index contributed by atoms with van der Waals surface area (Å²) in [6.45, 7) is 2.20. The lowest BCUT2D eigenvalue weighted by molar-refractivity contribution is 0.601. The quantitative estimate of drug-likeness (QED) is 0.560. The van der Waals surface area contributed by atoms with E-state index in [2.05, 4.69) is 17.3 Å². The first-order valence-corrected chi connectivity index (χ1v) is 8.62. The van der Waals surface area contributed by atoms with Crippen LogP contribution in [0.3, 0.4) is 0 Å². The number of hydrogen-bond donors (Lipinski definition) is 2. The summed E-state index contributed by atoms with van der Waals surface area (Å²) < 4.78 is 1.57. The van der Waals surface area contributed by atoms with Crippen molar-refractivity contribution in [3.05, 3.63) is 51.1 Å². The van der Waals surface area contributed by atoms with Gasteiger partial charge in [-0.3, -0.25) is 10.2 Å². The van der Waals surface area contributed by atoms with Gasteiger partial charge in [-0.05, 0) is 42.9 Å². The highest BCUT2D eigenvalue weighted by Gasteiger charge is 2.26. The maximum Gasteiger partial charge on any atom is 0.268 e.